The van der Waals surface area contributed by atoms with E-state index in [1.165, 1.54) is 37.3 Å². The first-order valence-electron chi connectivity index (χ1n) is 11.5. The average Bonchev–Trinajstić information content (AvgIpc) is 3.31. The molecule has 0 spiro atoms. The molecular formula is C27H32ClFN2O. The molecule has 0 N–H and O–H groups in total. The third-order valence-corrected chi connectivity index (χ3v) is 7.09. The van der Waals surface area contributed by atoms with Crippen molar-refractivity contribution in [3.8, 4) is 5.75 Å². The van der Waals surface area contributed by atoms with Crippen molar-refractivity contribution in [3.63, 3.8) is 0 Å². The molecule has 3 nitrogen and oxygen atoms in total. The van der Waals surface area contributed by atoms with Crippen LogP contribution in [0.3, 0.4) is 0 Å². The summed E-state index contributed by atoms with van der Waals surface area (Å²) in [6.07, 6.45) is 5.90. The van der Waals surface area contributed by atoms with E-state index < -0.39 is 0 Å². The Kier molecular flexibility index (Phi) is 7.02. The molecule has 170 valence electrons. The first kappa shape index (κ1) is 23.0. The quantitative estimate of drug-likeness (QED) is 0.338. The Balaban J connectivity index is 1.59. The van der Waals surface area contributed by atoms with Crippen molar-refractivity contribution in [2.75, 3.05) is 13.7 Å². The van der Waals surface area contributed by atoms with Gasteiger partial charge in [0.2, 0.25) is 0 Å². The summed E-state index contributed by atoms with van der Waals surface area (Å²) >= 11 is 6.37. The molecule has 0 atom stereocenters. The minimum atomic E-state index is -0.223. The van der Waals surface area contributed by atoms with Gasteiger partial charge in [0.05, 0.1) is 12.6 Å². The number of methoxy groups -OCH3 is 1. The van der Waals surface area contributed by atoms with E-state index in [0.29, 0.717) is 11.2 Å². The number of para-hydroxylation sites is 1. The van der Waals surface area contributed by atoms with Gasteiger partial charge in [0.15, 0.2) is 0 Å². The predicted octanol–water partition coefficient (Wildman–Crippen LogP) is 7.15. The lowest BCUT2D eigenvalue weighted by molar-refractivity contribution is 0.174. The molecule has 0 unspecified atom stereocenters. The van der Waals surface area contributed by atoms with Crippen LogP contribution < -0.4 is 4.74 Å². The highest BCUT2D eigenvalue weighted by Gasteiger charge is 2.29. The smallest absolute Gasteiger partial charge is 0.130 e. The van der Waals surface area contributed by atoms with Crippen molar-refractivity contribution in [1.29, 1.82) is 0 Å². The largest absolute Gasteiger partial charge is 0.496 e. The number of halogens is 2. The Morgan fingerprint density at radius 2 is 1.88 bits per heavy atom. The number of ether oxygens (including phenoxy) is 1. The summed E-state index contributed by atoms with van der Waals surface area (Å²) in [6.45, 7) is 6.11. The maximum absolute atomic E-state index is 14.0. The standard InChI is InChI=1S/C27H32ClFN2O/c1-27(2,23-17-20(29)12-13-25(23)32-3)14-15-31(21-8-4-5-9-21)18-19-16-26(28)30-24-11-7-6-10-22(19)24/h6-7,10-13,16-17,21H,4-5,8-9,14-15,18H2,1-3H3. The number of benzene rings is 2. The van der Waals surface area contributed by atoms with E-state index >= 15 is 0 Å². The predicted molar refractivity (Wildman–Crippen MR) is 130 cm³/mol. The molecule has 0 radical (unpaired) electrons. The van der Waals surface area contributed by atoms with Gasteiger partial charge in [0, 0.05) is 23.5 Å². The molecule has 4 rings (SSSR count). The molecule has 5 heteroatoms. The van der Waals surface area contributed by atoms with E-state index in [0.717, 1.165) is 41.7 Å². The summed E-state index contributed by atoms with van der Waals surface area (Å²) in [5.41, 5.74) is 2.85. The Morgan fingerprint density at radius 3 is 2.62 bits per heavy atom. The topological polar surface area (TPSA) is 25.4 Å². The molecule has 0 amide bonds. The highest BCUT2D eigenvalue weighted by molar-refractivity contribution is 6.29. The fourth-order valence-electron chi connectivity index (χ4n) is 4.99. The summed E-state index contributed by atoms with van der Waals surface area (Å²) in [6, 6.07) is 15.6. The van der Waals surface area contributed by atoms with Gasteiger partial charge < -0.3 is 4.74 Å². The average molecular weight is 455 g/mol. The van der Waals surface area contributed by atoms with Gasteiger partial charge in [-0.15, -0.1) is 0 Å². The van der Waals surface area contributed by atoms with Crippen molar-refractivity contribution in [1.82, 2.24) is 9.88 Å². The van der Waals surface area contributed by atoms with Crippen molar-refractivity contribution in [3.05, 3.63) is 70.6 Å². The number of hydrogen-bond acceptors (Lipinski definition) is 3. The molecule has 1 aromatic heterocycles. The van der Waals surface area contributed by atoms with Crippen LogP contribution in [0.15, 0.2) is 48.5 Å². The number of hydrogen-bond donors (Lipinski definition) is 0. The van der Waals surface area contributed by atoms with E-state index in [9.17, 15) is 4.39 Å². The maximum atomic E-state index is 14.0. The molecule has 0 aliphatic heterocycles. The van der Waals surface area contributed by atoms with Gasteiger partial charge in [0.1, 0.15) is 16.7 Å². The first-order chi connectivity index (χ1) is 15.4. The molecule has 0 saturated heterocycles. The van der Waals surface area contributed by atoms with Gasteiger partial charge >= 0.3 is 0 Å². The summed E-state index contributed by atoms with van der Waals surface area (Å²) in [5, 5.41) is 1.70. The molecule has 1 aliphatic rings. The van der Waals surface area contributed by atoms with E-state index in [2.05, 4.69) is 35.9 Å². The molecule has 0 bridgehead atoms. The zero-order valence-electron chi connectivity index (χ0n) is 19.2. The zero-order valence-corrected chi connectivity index (χ0v) is 20.0. The van der Waals surface area contributed by atoms with E-state index in [-0.39, 0.29) is 11.2 Å². The highest BCUT2D eigenvalue weighted by atomic mass is 35.5. The van der Waals surface area contributed by atoms with Gasteiger partial charge in [-0.05, 0) is 67.1 Å². The lowest BCUT2D eigenvalue weighted by Crippen LogP contribution is -2.36. The van der Waals surface area contributed by atoms with Crippen LogP contribution in [0, 0.1) is 5.82 Å². The second-order valence-electron chi connectivity index (χ2n) is 9.51. The lowest BCUT2D eigenvalue weighted by atomic mass is 9.80. The highest BCUT2D eigenvalue weighted by Crippen LogP contribution is 2.36. The van der Waals surface area contributed by atoms with Crippen molar-refractivity contribution in [2.24, 2.45) is 0 Å². The van der Waals surface area contributed by atoms with Crippen LogP contribution in [0.1, 0.15) is 57.1 Å². The molecule has 3 aromatic rings. The molecular weight excluding hydrogens is 423 g/mol. The van der Waals surface area contributed by atoms with Gasteiger partial charge in [-0.2, -0.15) is 0 Å². The number of pyridine rings is 1. The molecule has 1 heterocycles. The first-order valence-corrected chi connectivity index (χ1v) is 11.9. The van der Waals surface area contributed by atoms with Crippen LogP contribution >= 0.6 is 11.6 Å². The Bertz CT molecular complexity index is 1080. The van der Waals surface area contributed by atoms with Crippen molar-refractivity contribution < 1.29 is 9.13 Å². The summed E-state index contributed by atoms with van der Waals surface area (Å²) in [7, 11) is 1.65. The molecule has 1 saturated carbocycles. The maximum Gasteiger partial charge on any atom is 0.130 e. The van der Waals surface area contributed by atoms with Gasteiger partial charge in [-0.1, -0.05) is 56.5 Å². The molecule has 1 fully saturated rings. The number of nitrogens with zero attached hydrogens (tertiary/aromatic N) is 2. The van der Waals surface area contributed by atoms with Crippen LogP contribution in [0.25, 0.3) is 10.9 Å². The van der Waals surface area contributed by atoms with E-state index in [1.807, 2.05) is 18.2 Å². The number of fused-ring (bicyclic) bond motifs is 1. The van der Waals surface area contributed by atoms with Crippen molar-refractivity contribution >= 4 is 22.5 Å². The minimum Gasteiger partial charge on any atom is -0.496 e. The van der Waals surface area contributed by atoms with Crippen LogP contribution in [0.2, 0.25) is 5.15 Å². The van der Waals surface area contributed by atoms with Gasteiger partial charge in [0.25, 0.3) is 0 Å². The van der Waals surface area contributed by atoms with Gasteiger partial charge in [-0.3, -0.25) is 4.90 Å². The second kappa shape index (κ2) is 9.76. The summed E-state index contributed by atoms with van der Waals surface area (Å²) in [4.78, 5) is 7.09. The van der Waals surface area contributed by atoms with Crippen LogP contribution in [-0.4, -0.2) is 29.6 Å². The Labute approximate surface area is 195 Å². The molecule has 1 aliphatic carbocycles. The third-order valence-electron chi connectivity index (χ3n) is 6.90. The van der Waals surface area contributed by atoms with Gasteiger partial charge in [-0.25, -0.2) is 9.37 Å². The van der Waals surface area contributed by atoms with Crippen LogP contribution in [-0.2, 0) is 12.0 Å². The van der Waals surface area contributed by atoms with Crippen LogP contribution in [0.4, 0.5) is 4.39 Å². The summed E-state index contributed by atoms with van der Waals surface area (Å²) in [5.74, 6) is 0.523. The van der Waals surface area contributed by atoms with E-state index in [1.54, 1.807) is 19.2 Å². The van der Waals surface area contributed by atoms with E-state index in [4.69, 9.17) is 16.3 Å². The third kappa shape index (κ3) is 5.07. The second-order valence-corrected chi connectivity index (χ2v) is 9.90. The van der Waals surface area contributed by atoms with Crippen molar-refractivity contribution in [2.45, 2.75) is 64.0 Å². The normalized spacial score (nSPS) is 15.1. The van der Waals surface area contributed by atoms with Crippen LogP contribution in [0.5, 0.6) is 5.75 Å². The lowest BCUT2D eigenvalue weighted by Gasteiger charge is -2.34. The summed E-state index contributed by atoms with van der Waals surface area (Å²) < 4.78 is 19.6. The monoisotopic (exact) mass is 454 g/mol. The zero-order chi connectivity index (χ0) is 22.7. The fraction of sp³-hybridized carbons (Fsp3) is 0.444. The number of rotatable bonds is 8. The fourth-order valence-corrected chi connectivity index (χ4v) is 5.21. The molecule has 2 aromatic carbocycles. The minimum absolute atomic E-state index is 0.220. The number of aromatic nitrogens is 1. The SMILES string of the molecule is COc1ccc(F)cc1C(C)(C)CCN(Cc1cc(Cl)nc2ccccc12)C1CCCC1. The molecule has 32 heavy (non-hydrogen) atoms. The Hall–Kier alpha value is -2.17. The Morgan fingerprint density at radius 1 is 1.12 bits per heavy atom.